The van der Waals surface area contributed by atoms with E-state index in [1.54, 1.807) is 18.2 Å². The second-order valence-electron chi connectivity index (χ2n) is 2.90. The number of hydrogen-bond acceptors (Lipinski definition) is 2. The van der Waals surface area contributed by atoms with Crippen LogP contribution in [0.5, 0.6) is 5.75 Å². The molecule has 0 aliphatic heterocycles. The van der Waals surface area contributed by atoms with Gasteiger partial charge in [-0.2, -0.15) is 0 Å². The molecule has 3 heteroatoms. The molecule has 1 rings (SSSR count). The van der Waals surface area contributed by atoms with Crippen molar-refractivity contribution >= 4 is 11.6 Å². The summed E-state index contributed by atoms with van der Waals surface area (Å²) in [6.07, 6.45) is 0. The molecular formula is C9H11ClO2. The van der Waals surface area contributed by atoms with Crippen molar-refractivity contribution in [2.75, 3.05) is 0 Å². The van der Waals surface area contributed by atoms with E-state index < -0.39 is 0 Å². The molecule has 12 heavy (non-hydrogen) atoms. The van der Waals surface area contributed by atoms with Gasteiger partial charge >= 0.3 is 0 Å². The second kappa shape index (κ2) is 3.78. The highest BCUT2D eigenvalue weighted by atomic mass is 35.5. The quantitative estimate of drug-likeness (QED) is 0.567. The zero-order valence-electron chi connectivity index (χ0n) is 7.04. The summed E-state index contributed by atoms with van der Waals surface area (Å²) in [5, 5.41) is 9.15. The van der Waals surface area contributed by atoms with E-state index in [1.807, 2.05) is 13.8 Å². The molecule has 1 N–H and O–H groups in total. The van der Waals surface area contributed by atoms with Gasteiger partial charge in [0.05, 0.1) is 0 Å². The highest BCUT2D eigenvalue weighted by Gasteiger charge is 2.11. The molecule has 0 unspecified atom stereocenters. The fourth-order valence-electron chi connectivity index (χ4n) is 1.16. The third-order valence-electron chi connectivity index (χ3n) is 1.69. The summed E-state index contributed by atoms with van der Waals surface area (Å²) in [4.78, 5) is 4.20. The van der Waals surface area contributed by atoms with E-state index in [4.69, 9.17) is 16.9 Å². The number of hydrogen-bond donors (Lipinski definition) is 1. The van der Waals surface area contributed by atoms with Crippen molar-refractivity contribution in [2.24, 2.45) is 0 Å². The van der Waals surface area contributed by atoms with Crippen LogP contribution in [-0.4, -0.2) is 5.26 Å². The van der Waals surface area contributed by atoms with Crippen LogP contribution in [0.25, 0.3) is 0 Å². The number of rotatable bonds is 2. The molecule has 0 amide bonds. The predicted molar refractivity (Wildman–Crippen MR) is 48.8 cm³/mol. The van der Waals surface area contributed by atoms with E-state index in [0.29, 0.717) is 10.8 Å². The molecule has 66 valence electrons. The lowest BCUT2D eigenvalue weighted by atomic mass is 10.0. The molecule has 0 radical (unpaired) electrons. The third-order valence-corrected chi connectivity index (χ3v) is 2.02. The molecule has 0 aliphatic rings. The molecule has 1 aromatic rings. The lowest BCUT2D eigenvalue weighted by Gasteiger charge is -2.10. The van der Waals surface area contributed by atoms with Crippen LogP contribution in [0.15, 0.2) is 18.2 Å². The maximum Gasteiger partial charge on any atom is 0.170 e. The number of benzene rings is 1. The fourth-order valence-corrected chi connectivity index (χ4v) is 1.54. The fraction of sp³-hybridized carbons (Fsp3) is 0.333. The second-order valence-corrected chi connectivity index (χ2v) is 3.30. The molecule has 0 saturated heterocycles. The first-order valence-corrected chi connectivity index (χ1v) is 4.14. The van der Waals surface area contributed by atoms with Crippen molar-refractivity contribution < 1.29 is 10.1 Å². The van der Waals surface area contributed by atoms with E-state index in [0.717, 1.165) is 5.56 Å². The largest absolute Gasteiger partial charge is 0.340 e. The van der Waals surface area contributed by atoms with Gasteiger partial charge in [0.1, 0.15) is 0 Å². The molecule has 0 bridgehead atoms. The first-order valence-electron chi connectivity index (χ1n) is 3.76. The Morgan fingerprint density at radius 2 is 2.08 bits per heavy atom. The highest BCUT2D eigenvalue weighted by Crippen LogP contribution is 2.32. The van der Waals surface area contributed by atoms with Crippen molar-refractivity contribution in [1.82, 2.24) is 0 Å². The van der Waals surface area contributed by atoms with Gasteiger partial charge in [-0.1, -0.05) is 31.5 Å². The van der Waals surface area contributed by atoms with Crippen molar-refractivity contribution in [3.05, 3.63) is 28.8 Å². The van der Waals surface area contributed by atoms with Gasteiger partial charge in [-0.05, 0) is 18.1 Å². The normalized spacial score (nSPS) is 10.4. The molecule has 0 aliphatic carbocycles. The lowest BCUT2D eigenvalue weighted by molar-refractivity contribution is -0.138. The van der Waals surface area contributed by atoms with Gasteiger partial charge in [0.25, 0.3) is 0 Å². The lowest BCUT2D eigenvalue weighted by Crippen LogP contribution is -1.95. The summed E-state index contributed by atoms with van der Waals surface area (Å²) >= 11 is 5.91. The van der Waals surface area contributed by atoms with Crippen LogP contribution in [-0.2, 0) is 0 Å². The number of halogens is 1. The monoisotopic (exact) mass is 186 g/mol. The van der Waals surface area contributed by atoms with E-state index in [9.17, 15) is 0 Å². The van der Waals surface area contributed by atoms with Crippen molar-refractivity contribution in [1.29, 1.82) is 0 Å². The summed E-state index contributed by atoms with van der Waals surface area (Å²) in [5.74, 6) is 0.665. The molecule has 0 spiro atoms. The Bertz CT molecular complexity index is 271. The average molecular weight is 187 g/mol. The smallest absolute Gasteiger partial charge is 0.170 e. The summed E-state index contributed by atoms with van der Waals surface area (Å²) in [6, 6.07) is 5.19. The van der Waals surface area contributed by atoms with Gasteiger partial charge in [-0.15, -0.1) is 0 Å². The van der Waals surface area contributed by atoms with E-state index in [-0.39, 0.29) is 5.92 Å². The minimum atomic E-state index is 0.237. The van der Waals surface area contributed by atoms with Crippen LogP contribution >= 0.6 is 11.6 Å². The van der Waals surface area contributed by atoms with Crippen molar-refractivity contribution in [3.8, 4) is 5.75 Å². The topological polar surface area (TPSA) is 29.5 Å². The summed E-state index contributed by atoms with van der Waals surface area (Å²) in [6.45, 7) is 3.98. The summed E-state index contributed by atoms with van der Waals surface area (Å²) in [7, 11) is 0. The van der Waals surface area contributed by atoms with Crippen LogP contribution in [0.3, 0.4) is 0 Å². The Balaban J connectivity index is 3.20. The molecule has 0 aromatic heterocycles. The first kappa shape index (κ1) is 9.36. The Morgan fingerprint density at radius 1 is 1.42 bits per heavy atom. The Labute approximate surface area is 76.7 Å². The SMILES string of the molecule is CC(C)c1c(Cl)cccc1OO. The van der Waals surface area contributed by atoms with Gasteiger partial charge in [0, 0.05) is 10.6 Å². The van der Waals surface area contributed by atoms with Crippen LogP contribution in [0.1, 0.15) is 25.3 Å². The summed E-state index contributed by atoms with van der Waals surface area (Å²) < 4.78 is 0. The minimum absolute atomic E-state index is 0.237. The zero-order valence-corrected chi connectivity index (χ0v) is 7.80. The minimum Gasteiger partial charge on any atom is -0.340 e. The van der Waals surface area contributed by atoms with Crippen LogP contribution in [0.4, 0.5) is 0 Å². The average Bonchev–Trinajstić information content (AvgIpc) is 2.03. The predicted octanol–water partition coefficient (Wildman–Crippen LogP) is 3.32. The molecule has 2 nitrogen and oxygen atoms in total. The van der Waals surface area contributed by atoms with Gasteiger partial charge in [-0.3, -0.25) is 0 Å². The Morgan fingerprint density at radius 3 is 2.50 bits per heavy atom. The Kier molecular flexibility index (Phi) is 2.95. The highest BCUT2D eigenvalue weighted by molar-refractivity contribution is 6.31. The maximum absolute atomic E-state index is 8.53. The van der Waals surface area contributed by atoms with Crippen molar-refractivity contribution in [2.45, 2.75) is 19.8 Å². The van der Waals surface area contributed by atoms with E-state index >= 15 is 0 Å². The molecule has 0 saturated carbocycles. The van der Waals surface area contributed by atoms with Gasteiger partial charge in [0.2, 0.25) is 0 Å². The molecule has 0 heterocycles. The third kappa shape index (κ3) is 1.71. The van der Waals surface area contributed by atoms with Crippen LogP contribution in [0.2, 0.25) is 5.02 Å². The molecule has 0 atom stereocenters. The van der Waals surface area contributed by atoms with Gasteiger partial charge < -0.3 is 4.89 Å². The van der Waals surface area contributed by atoms with E-state index in [1.165, 1.54) is 0 Å². The van der Waals surface area contributed by atoms with Crippen LogP contribution < -0.4 is 4.89 Å². The van der Waals surface area contributed by atoms with Crippen LogP contribution in [0, 0.1) is 0 Å². The molecule has 1 aromatic carbocycles. The Hall–Kier alpha value is -0.730. The van der Waals surface area contributed by atoms with Crippen molar-refractivity contribution in [3.63, 3.8) is 0 Å². The van der Waals surface area contributed by atoms with Gasteiger partial charge in [0.15, 0.2) is 5.75 Å². The standard InChI is InChI=1S/C9H11ClO2/c1-6(2)9-7(10)4-3-5-8(9)12-11/h3-6,11H,1-2H3. The zero-order chi connectivity index (χ0) is 9.14. The van der Waals surface area contributed by atoms with Gasteiger partial charge in [-0.25, -0.2) is 5.26 Å². The molecule has 0 fully saturated rings. The maximum atomic E-state index is 8.53. The first-order chi connectivity index (χ1) is 5.66. The van der Waals surface area contributed by atoms with E-state index in [2.05, 4.69) is 4.89 Å². The molecular weight excluding hydrogens is 176 g/mol. The summed E-state index contributed by atoms with van der Waals surface area (Å²) in [5.41, 5.74) is 0.835.